The van der Waals surface area contributed by atoms with E-state index in [-0.39, 0.29) is 29.6 Å². The molecule has 1 unspecified atom stereocenters. The molecule has 7 heteroatoms. The minimum absolute atomic E-state index is 0. The van der Waals surface area contributed by atoms with Gasteiger partial charge in [0, 0.05) is 13.1 Å². The van der Waals surface area contributed by atoms with Gasteiger partial charge in [0.1, 0.15) is 11.8 Å². The Morgan fingerprint density at radius 2 is 2.11 bits per heavy atom. The molecule has 0 aromatic heterocycles. The van der Waals surface area contributed by atoms with Crippen molar-refractivity contribution < 1.29 is 14.3 Å². The van der Waals surface area contributed by atoms with Gasteiger partial charge in [0.2, 0.25) is 11.8 Å². The van der Waals surface area contributed by atoms with Gasteiger partial charge >= 0.3 is 0 Å². The average molecular weight is 394 g/mol. The van der Waals surface area contributed by atoms with E-state index in [1.807, 2.05) is 24.3 Å². The number of hydrogen-bond donors (Lipinski definition) is 2. The minimum atomic E-state index is -0.440. The molecule has 1 aromatic carbocycles. The van der Waals surface area contributed by atoms with Gasteiger partial charge in [-0.3, -0.25) is 9.59 Å². The fraction of sp³-hybridized carbons (Fsp3) is 0.600. The molecule has 2 saturated heterocycles. The zero-order valence-corrected chi connectivity index (χ0v) is 16.5. The molecule has 2 aliphatic heterocycles. The summed E-state index contributed by atoms with van der Waals surface area (Å²) in [6, 6.07) is 7.08. The van der Waals surface area contributed by atoms with Gasteiger partial charge in [0.25, 0.3) is 0 Å². The van der Waals surface area contributed by atoms with Gasteiger partial charge in [-0.05, 0) is 43.9 Å². The summed E-state index contributed by atoms with van der Waals surface area (Å²) in [5, 5.41) is 6.49. The van der Waals surface area contributed by atoms with Gasteiger partial charge in [-0.15, -0.1) is 12.4 Å². The summed E-state index contributed by atoms with van der Waals surface area (Å²) in [7, 11) is 1.61. The summed E-state index contributed by atoms with van der Waals surface area (Å²) in [4.78, 5) is 27.8. The number of ether oxygens (including phenoxy) is 1. The first kappa shape index (κ1) is 20.0. The van der Waals surface area contributed by atoms with Gasteiger partial charge in [-0.25, -0.2) is 0 Å². The Bertz CT molecular complexity index is 713. The topological polar surface area (TPSA) is 70.7 Å². The number of halogens is 1. The molecule has 4 rings (SSSR count). The van der Waals surface area contributed by atoms with Gasteiger partial charge in [-0.2, -0.15) is 0 Å². The minimum Gasteiger partial charge on any atom is -0.495 e. The highest BCUT2D eigenvalue weighted by molar-refractivity contribution is 6.02. The Kier molecular flexibility index (Phi) is 5.96. The third kappa shape index (κ3) is 3.41. The zero-order chi connectivity index (χ0) is 18.1. The van der Waals surface area contributed by atoms with E-state index in [1.54, 1.807) is 12.0 Å². The molecule has 0 spiro atoms. The smallest absolute Gasteiger partial charge is 0.249 e. The second-order valence-electron chi connectivity index (χ2n) is 7.71. The molecular formula is C20H28ClN3O3. The lowest BCUT2D eigenvalue weighted by atomic mass is 9.67. The first-order valence-electron chi connectivity index (χ1n) is 9.62. The molecule has 2 amide bonds. The lowest BCUT2D eigenvalue weighted by Crippen LogP contribution is -2.52. The second kappa shape index (κ2) is 8.07. The van der Waals surface area contributed by atoms with Crippen LogP contribution in [0.4, 0.5) is 5.69 Å². The summed E-state index contributed by atoms with van der Waals surface area (Å²) in [6.45, 7) is 2.25. The van der Waals surface area contributed by atoms with E-state index >= 15 is 0 Å². The maximum Gasteiger partial charge on any atom is 0.249 e. The summed E-state index contributed by atoms with van der Waals surface area (Å²) < 4.78 is 5.38. The molecule has 0 radical (unpaired) electrons. The molecule has 1 saturated carbocycles. The van der Waals surface area contributed by atoms with E-state index in [2.05, 4.69) is 10.6 Å². The number of fused-ring (bicyclic) bond motifs is 1. The number of benzene rings is 1. The van der Waals surface area contributed by atoms with Crippen molar-refractivity contribution in [3.8, 4) is 5.75 Å². The fourth-order valence-corrected chi connectivity index (χ4v) is 4.90. The van der Waals surface area contributed by atoms with Crippen LogP contribution in [0.2, 0.25) is 0 Å². The largest absolute Gasteiger partial charge is 0.495 e. The van der Waals surface area contributed by atoms with E-state index in [0.717, 1.165) is 38.0 Å². The molecular weight excluding hydrogens is 366 g/mol. The number of amides is 2. The van der Waals surface area contributed by atoms with E-state index in [4.69, 9.17) is 4.74 Å². The SMILES string of the molecule is COc1ccccc1N1CCC(NC(=O)[C@@]23CCCC[C@H]2CNC3)C1=O.Cl. The van der Waals surface area contributed by atoms with Crippen LogP contribution in [0.3, 0.4) is 0 Å². The summed E-state index contributed by atoms with van der Waals surface area (Å²) in [5.41, 5.74) is 0.448. The monoisotopic (exact) mass is 393 g/mol. The van der Waals surface area contributed by atoms with Crippen molar-refractivity contribution in [3.05, 3.63) is 24.3 Å². The van der Waals surface area contributed by atoms with Crippen LogP contribution in [-0.4, -0.2) is 44.6 Å². The molecule has 2 heterocycles. The third-order valence-corrected chi connectivity index (χ3v) is 6.38. The number of anilines is 1. The third-order valence-electron chi connectivity index (χ3n) is 6.38. The Hall–Kier alpha value is -1.79. The van der Waals surface area contributed by atoms with Crippen LogP contribution in [0.5, 0.6) is 5.75 Å². The van der Waals surface area contributed by atoms with Crippen LogP contribution in [0.25, 0.3) is 0 Å². The van der Waals surface area contributed by atoms with Gasteiger partial charge in [0.15, 0.2) is 0 Å². The fourth-order valence-electron chi connectivity index (χ4n) is 4.90. The lowest BCUT2D eigenvalue weighted by Gasteiger charge is -2.37. The first-order valence-corrected chi connectivity index (χ1v) is 9.62. The highest BCUT2D eigenvalue weighted by atomic mass is 35.5. The van der Waals surface area contributed by atoms with E-state index in [1.165, 1.54) is 6.42 Å². The molecule has 2 N–H and O–H groups in total. The van der Waals surface area contributed by atoms with Crippen molar-refractivity contribution in [2.24, 2.45) is 11.3 Å². The zero-order valence-electron chi connectivity index (χ0n) is 15.7. The Morgan fingerprint density at radius 3 is 2.93 bits per heavy atom. The van der Waals surface area contributed by atoms with Crippen LogP contribution in [0.1, 0.15) is 32.1 Å². The lowest BCUT2D eigenvalue weighted by molar-refractivity contribution is -0.136. The van der Waals surface area contributed by atoms with Crippen LogP contribution in [-0.2, 0) is 9.59 Å². The number of carbonyl (C=O) groups is 2. The summed E-state index contributed by atoms with van der Waals surface area (Å²) >= 11 is 0. The van der Waals surface area contributed by atoms with Crippen molar-refractivity contribution in [2.45, 2.75) is 38.1 Å². The predicted octanol–water partition coefficient (Wildman–Crippen LogP) is 2.12. The van der Waals surface area contributed by atoms with Crippen LogP contribution >= 0.6 is 12.4 Å². The Balaban J connectivity index is 0.00000210. The van der Waals surface area contributed by atoms with Crippen molar-refractivity contribution >= 4 is 29.9 Å². The van der Waals surface area contributed by atoms with E-state index in [0.29, 0.717) is 24.6 Å². The molecule has 1 aliphatic carbocycles. The van der Waals surface area contributed by atoms with E-state index < -0.39 is 6.04 Å². The number of nitrogens with one attached hydrogen (secondary N) is 2. The molecule has 6 nitrogen and oxygen atoms in total. The maximum atomic E-state index is 13.1. The van der Waals surface area contributed by atoms with Crippen molar-refractivity contribution in [2.75, 3.05) is 31.6 Å². The van der Waals surface area contributed by atoms with Gasteiger partial charge in [0.05, 0.1) is 18.2 Å². The Morgan fingerprint density at radius 1 is 1.30 bits per heavy atom. The molecule has 3 aliphatic rings. The number of para-hydroxylation sites is 2. The van der Waals surface area contributed by atoms with E-state index in [9.17, 15) is 9.59 Å². The number of methoxy groups -OCH3 is 1. The number of rotatable bonds is 4. The molecule has 3 atom stereocenters. The first-order chi connectivity index (χ1) is 12.7. The van der Waals surface area contributed by atoms with Crippen molar-refractivity contribution in [1.82, 2.24) is 10.6 Å². The molecule has 1 aromatic rings. The number of nitrogens with zero attached hydrogens (tertiary/aromatic N) is 1. The maximum absolute atomic E-state index is 13.1. The Labute approximate surface area is 166 Å². The average Bonchev–Trinajstić information content (AvgIpc) is 3.26. The molecule has 3 fully saturated rings. The number of carbonyl (C=O) groups excluding carboxylic acids is 2. The summed E-state index contributed by atoms with van der Waals surface area (Å²) in [5.74, 6) is 1.10. The molecule has 27 heavy (non-hydrogen) atoms. The van der Waals surface area contributed by atoms with Crippen molar-refractivity contribution in [3.63, 3.8) is 0 Å². The summed E-state index contributed by atoms with van der Waals surface area (Å²) in [6.07, 6.45) is 4.96. The molecule has 148 valence electrons. The van der Waals surface area contributed by atoms with Crippen molar-refractivity contribution in [1.29, 1.82) is 0 Å². The van der Waals surface area contributed by atoms with Crippen LogP contribution in [0.15, 0.2) is 24.3 Å². The van der Waals surface area contributed by atoms with Gasteiger partial charge < -0.3 is 20.3 Å². The molecule has 0 bridgehead atoms. The highest BCUT2D eigenvalue weighted by Gasteiger charge is 2.51. The number of hydrogen-bond acceptors (Lipinski definition) is 4. The second-order valence-corrected chi connectivity index (χ2v) is 7.71. The highest BCUT2D eigenvalue weighted by Crippen LogP contribution is 2.44. The van der Waals surface area contributed by atoms with Gasteiger partial charge in [-0.1, -0.05) is 25.0 Å². The standard InChI is InChI=1S/C20H27N3O3.ClH/c1-26-17-8-3-2-7-16(17)23-11-9-15(18(23)24)22-19(25)20-10-5-4-6-14(20)12-21-13-20;/h2-3,7-8,14-15,21H,4-6,9-13H2,1H3,(H,22,25);1H/t14-,15?,20+;/m0./s1. The predicted molar refractivity (Wildman–Crippen MR) is 106 cm³/mol. The normalized spacial score (nSPS) is 29.8. The van der Waals surface area contributed by atoms with Crippen LogP contribution in [0, 0.1) is 11.3 Å². The quantitative estimate of drug-likeness (QED) is 0.822. The van der Waals surface area contributed by atoms with Crippen LogP contribution < -0.4 is 20.3 Å².